The van der Waals surface area contributed by atoms with Crippen LogP contribution in [0.2, 0.25) is 5.02 Å². The molecule has 0 aliphatic carbocycles. The molecule has 1 aromatic carbocycles. The van der Waals surface area contributed by atoms with Gasteiger partial charge >= 0.3 is 0 Å². The highest BCUT2D eigenvalue weighted by Gasteiger charge is 2.02. The highest BCUT2D eigenvalue weighted by molar-refractivity contribution is 7.99. The molecule has 0 spiro atoms. The minimum atomic E-state index is 0. The molecule has 0 saturated carbocycles. The number of amides is 1. The van der Waals surface area contributed by atoms with Gasteiger partial charge < -0.3 is 11.1 Å². The fraction of sp³-hybridized carbons (Fsp3) is 0.462. The lowest BCUT2D eigenvalue weighted by Gasteiger charge is -2.07. The molecular weight excluding hydrogens is 303 g/mol. The molecule has 1 rings (SSSR count). The molecule has 6 heteroatoms. The van der Waals surface area contributed by atoms with Crippen LogP contribution in [0.1, 0.15) is 19.8 Å². The first-order chi connectivity index (χ1) is 8.58. The fourth-order valence-corrected chi connectivity index (χ4v) is 2.30. The van der Waals surface area contributed by atoms with E-state index >= 15 is 0 Å². The van der Waals surface area contributed by atoms with Crippen LogP contribution < -0.4 is 11.1 Å². The SMILES string of the molecule is CC(N)CCNC(=O)CCSc1ccc(Cl)cc1.Cl. The smallest absolute Gasteiger partial charge is 0.220 e. The van der Waals surface area contributed by atoms with Crippen molar-refractivity contribution in [2.75, 3.05) is 12.3 Å². The van der Waals surface area contributed by atoms with E-state index in [1.165, 1.54) is 0 Å². The summed E-state index contributed by atoms with van der Waals surface area (Å²) < 4.78 is 0. The number of nitrogens with two attached hydrogens (primary N) is 1. The Labute approximate surface area is 130 Å². The maximum absolute atomic E-state index is 11.5. The summed E-state index contributed by atoms with van der Waals surface area (Å²) >= 11 is 7.45. The van der Waals surface area contributed by atoms with Crippen LogP contribution in [0.3, 0.4) is 0 Å². The van der Waals surface area contributed by atoms with Crippen LogP contribution in [0.25, 0.3) is 0 Å². The van der Waals surface area contributed by atoms with Gasteiger partial charge in [-0.2, -0.15) is 0 Å². The van der Waals surface area contributed by atoms with E-state index in [9.17, 15) is 4.79 Å². The summed E-state index contributed by atoms with van der Waals surface area (Å²) in [5.41, 5.74) is 5.60. The Morgan fingerprint density at radius 1 is 1.42 bits per heavy atom. The van der Waals surface area contributed by atoms with Crippen molar-refractivity contribution in [3.8, 4) is 0 Å². The quantitative estimate of drug-likeness (QED) is 0.758. The molecule has 0 saturated heterocycles. The van der Waals surface area contributed by atoms with E-state index in [-0.39, 0.29) is 24.4 Å². The summed E-state index contributed by atoms with van der Waals surface area (Å²) in [5, 5.41) is 3.59. The zero-order chi connectivity index (χ0) is 13.4. The molecular formula is C13H20Cl2N2OS. The highest BCUT2D eigenvalue weighted by Crippen LogP contribution is 2.20. The first kappa shape index (κ1) is 18.6. The van der Waals surface area contributed by atoms with Crippen LogP contribution in [0.5, 0.6) is 0 Å². The van der Waals surface area contributed by atoms with Crippen LogP contribution in [-0.4, -0.2) is 24.2 Å². The number of halogens is 2. The first-order valence-corrected chi connectivity index (χ1v) is 7.35. The molecule has 0 radical (unpaired) electrons. The standard InChI is InChI=1S/C13H19ClN2OS.ClH/c1-10(15)6-8-16-13(17)7-9-18-12-4-2-11(14)3-5-12;/h2-5,10H,6-9,15H2,1H3,(H,16,17);1H. The second-order valence-electron chi connectivity index (χ2n) is 4.17. The monoisotopic (exact) mass is 322 g/mol. The summed E-state index contributed by atoms with van der Waals surface area (Å²) in [6.45, 7) is 2.59. The molecule has 0 bridgehead atoms. The number of hydrogen-bond acceptors (Lipinski definition) is 3. The molecule has 108 valence electrons. The third-order valence-electron chi connectivity index (χ3n) is 2.33. The molecule has 0 fully saturated rings. The maximum Gasteiger partial charge on any atom is 0.220 e. The Kier molecular flexibility index (Phi) is 10.1. The van der Waals surface area contributed by atoms with Crippen molar-refractivity contribution in [3.05, 3.63) is 29.3 Å². The van der Waals surface area contributed by atoms with E-state index in [2.05, 4.69) is 5.32 Å². The van der Waals surface area contributed by atoms with E-state index in [0.29, 0.717) is 13.0 Å². The van der Waals surface area contributed by atoms with Crippen molar-refractivity contribution in [1.82, 2.24) is 5.32 Å². The van der Waals surface area contributed by atoms with E-state index in [1.54, 1.807) is 11.8 Å². The summed E-state index contributed by atoms with van der Waals surface area (Å²) in [4.78, 5) is 12.6. The average molecular weight is 323 g/mol. The maximum atomic E-state index is 11.5. The number of benzene rings is 1. The molecule has 0 aromatic heterocycles. The van der Waals surface area contributed by atoms with Gasteiger partial charge in [0.15, 0.2) is 0 Å². The Bertz CT molecular complexity index is 371. The number of rotatable bonds is 7. The predicted octanol–water partition coefficient (Wildman–Crippen LogP) is 3.10. The second-order valence-corrected chi connectivity index (χ2v) is 5.77. The molecule has 1 aromatic rings. The van der Waals surface area contributed by atoms with Crippen LogP contribution in [0.15, 0.2) is 29.2 Å². The van der Waals surface area contributed by atoms with Crippen LogP contribution in [-0.2, 0) is 4.79 Å². The van der Waals surface area contributed by atoms with Gasteiger partial charge in [-0.25, -0.2) is 0 Å². The number of carbonyl (C=O) groups is 1. The van der Waals surface area contributed by atoms with Gasteiger partial charge in [-0.15, -0.1) is 24.2 Å². The molecule has 3 N–H and O–H groups in total. The summed E-state index contributed by atoms with van der Waals surface area (Å²) in [6.07, 6.45) is 1.34. The zero-order valence-corrected chi connectivity index (χ0v) is 13.3. The van der Waals surface area contributed by atoms with Crippen molar-refractivity contribution >= 4 is 41.7 Å². The van der Waals surface area contributed by atoms with Gasteiger partial charge in [-0.3, -0.25) is 4.79 Å². The van der Waals surface area contributed by atoms with Crippen LogP contribution in [0, 0.1) is 0 Å². The average Bonchev–Trinajstić information content (AvgIpc) is 2.31. The molecule has 3 nitrogen and oxygen atoms in total. The molecule has 0 aliphatic heterocycles. The molecule has 0 aliphatic rings. The molecule has 0 heterocycles. The molecule has 1 amide bonds. The van der Waals surface area contributed by atoms with Crippen molar-refractivity contribution < 1.29 is 4.79 Å². The number of carbonyl (C=O) groups excluding carboxylic acids is 1. The number of thioether (sulfide) groups is 1. The summed E-state index contributed by atoms with van der Waals surface area (Å²) in [5.74, 6) is 0.850. The lowest BCUT2D eigenvalue weighted by molar-refractivity contribution is -0.120. The lowest BCUT2D eigenvalue weighted by atomic mass is 10.2. The zero-order valence-electron chi connectivity index (χ0n) is 10.9. The third kappa shape index (κ3) is 9.16. The van der Waals surface area contributed by atoms with Crippen molar-refractivity contribution in [1.29, 1.82) is 0 Å². The van der Waals surface area contributed by atoms with Gasteiger partial charge in [0.05, 0.1) is 0 Å². The predicted molar refractivity (Wildman–Crippen MR) is 85.3 cm³/mol. The van der Waals surface area contributed by atoms with E-state index in [0.717, 1.165) is 22.1 Å². The third-order valence-corrected chi connectivity index (χ3v) is 3.60. The minimum Gasteiger partial charge on any atom is -0.356 e. The van der Waals surface area contributed by atoms with E-state index < -0.39 is 0 Å². The second kappa shape index (κ2) is 10.4. The van der Waals surface area contributed by atoms with Gasteiger partial charge in [0.25, 0.3) is 0 Å². The van der Waals surface area contributed by atoms with Crippen molar-refractivity contribution in [2.45, 2.75) is 30.7 Å². The Balaban J connectivity index is 0.00000324. The number of nitrogens with one attached hydrogen (secondary N) is 1. The fourth-order valence-electron chi connectivity index (χ4n) is 1.32. The van der Waals surface area contributed by atoms with Gasteiger partial charge in [0, 0.05) is 34.7 Å². The van der Waals surface area contributed by atoms with Crippen molar-refractivity contribution in [2.24, 2.45) is 5.73 Å². The summed E-state index contributed by atoms with van der Waals surface area (Å²) in [7, 11) is 0. The van der Waals surface area contributed by atoms with E-state index in [4.69, 9.17) is 17.3 Å². The van der Waals surface area contributed by atoms with Gasteiger partial charge in [0.1, 0.15) is 0 Å². The topological polar surface area (TPSA) is 55.1 Å². The normalized spacial score (nSPS) is 11.5. The molecule has 1 atom stereocenters. The first-order valence-electron chi connectivity index (χ1n) is 5.98. The lowest BCUT2D eigenvalue weighted by Crippen LogP contribution is -2.29. The Hall–Kier alpha value is -0.420. The number of hydrogen-bond donors (Lipinski definition) is 2. The van der Waals surface area contributed by atoms with Gasteiger partial charge in [-0.1, -0.05) is 11.6 Å². The molecule has 19 heavy (non-hydrogen) atoms. The highest BCUT2D eigenvalue weighted by atomic mass is 35.5. The Morgan fingerprint density at radius 2 is 2.05 bits per heavy atom. The Morgan fingerprint density at radius 3 is 2.63 bits per heavy atom. The van der Waals surface area contributed by atoms with Crippen molar-refractivity contribution in [3.63, 3.8) is 0 Å². The molecule has 1 unspecified atom stereocenters. The minimum absolute atomic E-state index is 0. The van der Waals surface area contributed by atoms with Crippen LogP contribution in [0.4, 0.5) is 0 Å². The summed E-state index contributed by atoms with van der Waals surface area (Å²) in [6, 6.07) is 7.76. The van der Waals surface area contributed by atoms with Gasteiger partial charge in [-0.05, 0) is 37.6 Å². The van der Waals surface area contributed by atoms with Crippen LogP contribution >= 0.6 is 35.8 Å². The van der Waals surface area contributed by atoms with E-state index in [1.807, 2.05) is 31.2 Å². The largest absolute Gasteiger partial charge is 0.356 e. The van der Waals surface area contributed by atoms with Gasteiger partial charge in [0.2, 0.25) is 5.91 Å².